The molecule has 102 valence electrons. The Morgan fingerprint density at radius 3 is 2.90 bits per heavy atom. The van der Waals surface area contributed by atoms with Gasteiger partial charge in [0.25, 0.3) is 0 Å². The van der Waals surface area contributed by atoms with E-state index < -0.39 is 0 Å². The fraction of sp³-hybridized carbons (Fsp3) is 0.143. The van der Waals surface area contributed by atoms with Crippen LogP contribution in [0.25, 0.3) is 16.9 Å². The predicted molar refractivity (Wildman–Crippen MR) is 79.5 cm³/mol. The van der Waals surface area contributed by atoms with Crippen molar-refractivity contribution in [1.82, 2.24) is 14.4 Å². The first-order valence-electron chi connectivity index (χ1n) is 6.07. The average Bonchev–Trinajstić information content (AvgIpc) is 2.90. The molecule has 2 aromatic heterocycles. The lowest BCUT2D eigenvalue weighted by atomic mass is 10.1. The van der Waals surface area contributed by atoms with Gasteiger partial charge in [-0.05, 0) is 6.07 Å². The topological polar surface area (TPSA) is 51.5 Å². The first-order valence-corrected chi connectivity index (χ1v) is 6.45. The Bertz CT molecular complexity index is 769. The summed E-state index contributed by atoms with van der Waals surface area (Å²) in [6, 6.07) is 3.74. The molecule has 0 spiro atoms. The molecule has 0 bridgehead atoms. The van der Waals surface area contributed by atoms with Gasteiger partial charge in [0.1, 0.15) is 5.75 Å². The highest BCUT2D eigenvalue weighted by Gasteiger charge is 2.14. The van der Waals surface area contributed by atoms with E-state index in [-0.39, 0.29) is 0 Å². The summed E-state index contributed by atoms with van der Waals surface area (Å²) >= 11 is 6.27. The predicted octanol–water partition coefficient (Wildman–Crippen LogP) is 3.10. The van der Waals surface area contributed by atoms with Crippen molar-refractivity contribution in [1.29, 1.82) is 0 Å². The molecule has 0 fully saturated rings. The van der Waals surface area contributed by atoms with Gasteiger partial charge in [0, 0.05) is 31.1 Å². The van der Waals surface area contributed by atoms with E-state index in [1.807, 2.05) is 29.8 Å². The van der Waals surface area contributed by atoms with Crippen molar-refractivity contribution >= 4 is 22.9 Å². The van der Waals surface area contributed by atoms with Crippen LogP contribution in [0.15, 0.2) is 36.9 Å². The van der Waals surface area contributed by atoms with Crippen LogP contribution >= 0.6 is 11.6 Å². The Hall–Kier alpha value is -2.27. The van der Waals surface area contributed by atoms with Gasteiger partial charge in [0.05, 0.1) is 35.9 Å². The molecule has 0 unspecified atom stereocenters. The number of imidazole rings is 1. The van der Waals surface area contributed by atoms with Gasteiger partial charge in [-0.25, -0.2) is 4.98 Å². The zero-order chi connectivity index (χ0) is 14.1. The highest BCUT2D eigenvalue weighted by Crippen LogP contribution is 2.37. The number of benzene rings is 1. The SMILES string of the molecule is CNc1cc(OC)c(-c2cnc3cnccn23)cc1Cl. The van der Waals surface area contributed by atoms with E-state index in [0.717, 1.165) is 28.3 Å². The number of halogens is 1. The van der Waals surface area contributed by atoms with Crippen molar-refractivity contribution in [3.63, 3.8) is 0 Å². The molecule has 2 heterocycles. The van der Waals surface area contributed by atoms with Crippen LogP contribution in [-0.2, 0) is 0 Å². The smallest absolute Gasteiger partial charge is 0.155 e. The van der Waals surface area contributed by atoms with E-state index in [4.69, 9.17) is 16.3 Å². The van der Waals surface area contributed by atoms with E-state index >= 15 is 0 Å². The van der Waals surface area contributed by atoms with Crippen molar-refractivity contribution in [2.75, 3.05) is 19.5 Å². The van der Waals surface area contributed by atoms with Crippen LogP contribution in [0.4, 0.5) is 5.69 Å². The molecule has 1 aromatic carbocycles. The average molecular weight is 289 g/mol. The van der Waals surface area contributed by atoms with Crippen LogP contribution in [0.3, 0.4) is 0 Å². The maximum absolute atomic E-state index is 6.27. The minimum Gasteiger partial charge on any atom is -0.496 e. The number of rotatable bonds is 3. The molecule has 0 atom stereocenters. The minimum absolute atomic E-state index is 0.632. The number of nitrogens with one attached hydrogen (secondary N) is 1. The number of methoxy groups -OCH3 is 1. The molecule has 6 heteroatoms. The second-order valence-electron chi connectivity index (χ2n) is 4.23. The normalized spacial score (nSPS) is 10.8. The monoisotopic (exact) mass is 288 g/mol. The maximum atomic E-state index is 6.27. The van der Waals surface area contributed by atoms with Gasteiger partial charge >= 0.3 is 0 Å². The van der Waals surface area contributed by atoms with Gasteiger partial charge in [-0.15, -0.1) is 0 Å². The molecule has 1 N–H and O–H groups in total. The third kappa shape index (κ3) is 1.96. The van der Waals surface area contributed by atoms with Crippen LogP contribution in [0, 0.1) is 0 Å². The first kappa shape index (κ1) is 12.7. The summed E-state index contributed by atoms with van der Waals surface area (Å²) < 4.78 is 7.40. The van der Waals surface area contributed by atoms with Gasteiger partial charge in [0.15, 0.2) is 5.65 Å². The number of nitrogens with zero attached hydrogens (tertiary/aromatic N) is 3. The summed E-state index contributed by atoms with van der Waals surface area (Å²) in [4.78, 5) is 8.39. The van der Waals surface area contributed by atoms with Gasteiger partial charge in [0.2, 0.25) is 0 Å². The van der Waals surface area contributed by atoms with Crippen molar-refractivity contribution in [3.05, 3.63) is 41.9 Å². The standard InChI is InChI=1S/C14H13ClN4O/c1-16-11-6-13(20-2)9(5-10(11)15)12-7-18-14-8-17-3-4-19(12)14/h3-8,16H,1-2H3. The second kappa shape index (κ2) is 5.02. The number of anilines is 1. The summed E-state index contributed by atoms with van der Waals surface area (Å²) in [5, 5.41) is 3.67. The van der Waals surface area contributed by atoms with E-state index in [0.29, 0.717) is 5.02 Å². The van der Waals surface area contributed by atoms with E-state index in [9.17, 15) is 0 Å². The molecule has 0 radical (unpaired) electrons. The minimum atomic E-state index is 0.632. The molecule has 3 aromatic rings. The van der Waals surface area contributed by atoms with Crippen LogP contribution < -0.4 is 10.1 Å². The van der Waals surface area contributed by atoms with Gasteiger partial charge in [-0.2, -0.15) is 0 Å². The molecule has 20 heavy (non-hydrogen) atoms. The van der Waals surface area contributed by atoms with Crippen LogP contribution in [-0.4, -0.2) is 28.5 Å². The largest absolute Gasteiger partial charge is 0.496 e. The zero-order valence-electron chi connectivity index (χ0n) is 11.1. The molecule has 3 rings (SSSR count). The number of ether oxygens (including phenoxy) is 1. The number of fused-ring (bicyclic) bond motifs is 1. The summed E-state index contributed by atoms with van der Waals surface area (Å²) in [6.07, 6.45) is 7.06. The maximum Gasteiger partial charge on any atom is 0.155 e. The lowest BCUT2D eigenvalue weighted by molar-refractivity contribution is 0.416. The summed E-state index contributed by atoms with van der Waals surface area (Å²) in [5.41, 5.74) is 3.39. The Morgan fingerprint density at radius 1 is 1.30 bits per heavy atom. The molecule has 0 aliphatic rings. The third-order valence-electron chi connectivity index (χ3n) is 3.15. The summed E-state index contributed by atoms with van der Waals surface area (Å²) in [5.74, 6) is 0.734. The fourth-order valence-corrected chi connectivity index (χ4v) is 2.41. The van der Waals surface area contributed by atoms with Crippen LogP contribution in [0.1, 0.15) is 0 Å². The summed E-state index contributed by atoms with van der Waals surface area (Å²) in [6.45, 7) is 0. The molecule has 0 saturated heterocycles. The van der Waals surface area contributed by atoms with Crippen LogP contribution in [0.5, 0.6) is 5.75 Å². The van der Waals surface area contributed by atoms with Gasteiger partial charge in [-0.1, -0.05) is 11.6 Å². The fourth-order valence-electron chi connectivity index (χ4n) is 2.16. The molecule has 5 nitrogen and oxygen atoms in total. The molecule has 0 aliphatic heterocycles. The molecule has 0 amide bonds. The third-order valence-corrected chi connectivity index (χ3v) is 3.46. The lowest BCUT2D eigenvalue weighted by Crippen LogP contribution is -1.96. The first-order chi connectivity index (χ1) is 9.74. The Labute approximate surface area is 121 Å². The molecular formula is C14H13ClN4O. The van der Waals surface area contributed by atoms with Crippen LogP contribution in [0.2, 0.25) is 5.02 Å². The molecule has 0 saturated carbocycles. The van der Waals surface area contributed by atoms with E-state index in [1.54, 1.807) is 25.7 Å². The quantitative estimate of drug-likeness (QED) is 0.804. The lowest BCUT2D eigenvalue weighted by Gasteiger charge is -2.12. The van der Waals surface area contributed by atoms with Crippen molar-refractivity contribution < 1.29 is 4.74 Å². The van der Waals surface area contributed by atoms with Crippen molar-refractivity contribution in [2.45, 2.75) is 0 Å². The Balaban J connectivity index is 2.26. The van der Waals surface area contributed by atoms with E-state index in [1.165, 1.54) is 0 Å². The van der Waals surface area contributed by atoms with Gasteiger partial charge < -0.3 is 10.1 Å². The van der Waals surface area contributed by atoms with Crippen molar-refractivity contribution in [2.24, 2.45) is 0 Å². The highest BCUT2D eigenvalue weighted by molar-refractivity contribution is 6.33. The molecular weight excluding hydrogens is 276 g/mol. The number of aromatic nitrogens is 3. The zero-order valence-corrected chi connectivity index (χ0v) is 11.8. The van der Waals surface area contributed by atoms with Gasteiger partial charge in [-0.3, -0.25) is 9.38 Å². The van der Waals surface area contributed by atoms with Crippen molar-refractivity contribution in [3.8, 4) is 17.0 Å². The highest BCUT2D eigenvalue weighted by atomic mass is 35.5. The number of hydrogen-bond donors (Lipinski definition) is 1. The summed E-state index contributed by atoms with van der Waals surface area (Å²) in [7, 11) is 3.46. The van der Waals surface area contributed by atoms with E-state index in [2.05, 4.69) is 15.3 Å². The number of hydrogen-bond acceptors (Lipinski definition) is 4. The second-order valence-corrected chi connectivity index (χ2v) is 4.64. The molecule has 0 aliphatic carbocycles. The Kier molecular flexibility index (Phi) is 3.20. The Morgan fingerprint density at radius 2 is 2.15 bits per heavy atom.